The number of hydrogen-bond donors (Lipinski definition) is 2. The van der Waals surface area contributed by atoms with Crippen LogP contribution >= 0.6 is 11.6 Å². The standard InChI is InChI=1S/C18H27ClN4O2/c1-13-15(19)5-4-6-16(13)22-17(24)7-9-21-18(20-2)23(3)11-14-8-10-25-12-14/h4-6,14H,7-12H2,1-3H3,(H,20,21)(H,22,24). The smallest absolute Gasteiger partial charge is 0.226 e. The molecule has 1 amide bonds. The number of amides is 1. The van der Waals surface area contributed by atoms with Crippen LogP contribution in [0.4, 0.5) is 5.69 Å². The SMILES string of the molecule is CN=C(NCCC(=O)Nc1cccc(Cl)c1C)N(C)CC1CCOC1. The van der Waals surface area contributed by atoms with Crippen molar-refractivity contribution in [2.24, 2.45) is 10.9 Å². The Bertz CT molecular complexity index is 615. The van der Waals surface area contributed by atoms with E-state index in [1.807, 2.05) is 32.2 Å². The average Bonchev–Trinajstić information content (AvgIpc) is 3.08. The van der Waals surface area contributed by atoms with Crippen LogP contribution in [-0.4, -0.2) is 57.2 Å². The number of ether oxygens (including phenoxy) is 1. The Kier molecular flexibility index (Phi) is 7.52. The van der Waals surface area contributed by atoms with Crippen molar-refractivity contribution in [2.75, 3.05) is 45.7 Å². The second-order valence-corrected chi connectivity index (χ2v) is 6.70. The molecule has 6 nitrogen and oxygen atoms in total. The summed E-state index contributed by atoms with van der Waals surface area (Å²) in [6.07, 6.45) is 1.44. The molecule has 0 bridgehead atoms. The zero-order valence-corrected chi connectivity index (χ0v) is 15.9. The van der Waals surface area contributed by atoms with Crippen LogP contribution in [0.15, 0.2) is 23.2 Å². The number of carbonyl (C=O) groups excluding carboxylic acids is 1. The molecule has 1 fully saturated rings. The van der Waals surface area contributed by atoms with Crippen molar-refractivity contribution < 1.29 is 9.53 Å². The summed E-state index contributed by atoms with van der Waals surface area (Å²) in [6.45, 7) is 4.95. The zero-order valence-electron chi connectivity index (χ0n) is 15.1. The van der Waals surface area contributed by atoms with Crippen LogP contribution in [-0.2, 0) is 9.53 Å². The van der Waals surface area contributed by atoms with Gasteiger partial charge in [0.25, 0.3) is 0 Å². The van der Waals surface area contributed by atoms with Gasteiger partial charge in [-0.3, -0.25) is 9.79 Å². The maximum Gasteiger partial charge on any atom is 0.226 e. The normalized spacial score (nSPS) is 17.4. The number of guanidine groups is 1. The van der Waals surface area contributed by atoms with E-state index >= 15 is 0 Å². The highest BCUT2D eigenvalue weighted by Crippen LogP contribution is 2.22. The number of nitrogens with one attached hydrogen (secondary N) is 2. The lowest BCUT2D eigenvalue weighted by atomic mass is 10.1. The van der Waals surface area contributed by atoms with E-state index in [2.05, 4.69) is 20.5 Å². The van der Waals surface area contributed by atoms with Crippen LogP contribution < -0.4 is 10.6 Å². The summed E-state index contributed by atoms with van der Waals surface area (Å²) in [5, 5.41) is 6.78. The van der Waals surface area contributed by atoms with Gasteiger partial charge in [-0.25, -0.2) is 0 Å². The van der Waals surface area contributed by atoms with Crippen LogP contribution in [0.3, 0.4) is 0 Å². The first kappa shape index (κ1) is 19.5. The molecular formula is C18H27ClN4O2. The Labute approximate surface area is 154 Å². The fourth-order valence-corrected chi connectivity index (χ4v) is 3.00. The van der Waals surface area contributed by atoms with Gasteiger partial charge < -0.3 is 20.3 Å². The molecule has 1 aromatic carbocycles. The van der Waals surface area contributed by atoms with Crippen molar-refractivity contribution in [1.82, 2.24) is 10.2 Å². The van der Waals surface area contributed by atoms with Crippen LogP contribution in [0.5, 0.6) is 0 Å². The molecule has 1 aliphatic rings. The lowest BCUT2D eigenvalue weighted by Crippen LogP contribution is -2.42. The first-order valence-corrected chi connectivity index (χ1v) is 8.93. The maximum atomic E-state index is 12.1. The van der Waals surface area contributed by atoms with Crippen molar-refractivity contribution >= 4 is 29.2 Å². The van der Waals surface area contributed by atoms with Gasteiger partial charge in [0, 0.05) is 56.8 Å². The summed E-state index contributed by atoms with van der Waals surface area (Å²) in [4.78, 5) is 18.5. The van der Waals surface area contributed by atoms with Crippen LogP contribution in [0.1, 0.15) is 18.4 Å². The largest absolute Gasteiger partial charge is 0.381 e. The first-order valence-electron chi connectivity index (χ1n) is 8.55. The number of carbonyl (C=O) groups is 1. The molecule has 25 heavy (non-hydrogen) atoms. The number of halogens is 1. The van der Waals surface area contributed by atoms with E-state index in [-0.39, 0.29) is 5.91 Å². The fraction of sp³-hybridized carbons (Fsp3) is 0.556. The average molecular weight is 367 g/mol. The van der Waals surface area contributed by atoms with E-state index < -0.39 is 0 Å². The van der Waals surface area contributed by atoms with E-state index in [0.29, 0.717) is 23.9 Å². The molecule has 2 N–H and O–H groups in total. The molecule has 0 aromatic heterocycles. The van der Waals surface area contributed by atoms with Gasteiger partial charge in [-0.2, -0.15) is 0 Å². The minimum Gasteiger partial charge on any atom is -0.381 e. The number of anilines is 1. The van der Waals surface area contributed by atoms with Crippen LogP contribution in [0, 0.1) is 12.8 Å². The van der Waals surface area contributed by atoms with Gasteiger partial charge in [0.2, 0.25) is 5.91 Å². The molecule has 0 radical (unpaired) electrons. The lowest BCUT2D eigenvalue weighted by Gasteiger charge is -2.24. The summed E-state index contributed by atoms with van der Waals surface area (Å²) in [5.74, 6) is 1.27. The Balaban J connectivity index is 1.76. The van der Waals surface area contributed by atoms with Gasteiger partial charge in [0.05, 0.1) is 6.61 Å². The molecule has 0 aliphatic carbocycles. The monoisotopic (exact) mass is 366 g/mol. The van der Waals surface area contributed by atoms with Gasteiger partial charge in [-0.1, -0.05) is 17.7 Å². The van der Waals surface area contributed by atoms with Gasteiger partial charge in [0.1, 0.15) is 0 Å². The van der Waals surface area contributed by atoms with Crippen molar-refractivity contribution in [3.05, 3.63) is 28.8 Å². The lowest BCUT2D eigenvalue weighted by molar-refractivity contribution is -0.116. The van der Waals surface area contributed by atoms with Crippen molar-refractivity contribution in [1.29, 1.82) is 0 Å². The summed E-state index contributed by atoms with van der Waals surface area (Å²) in [6, 6.07) is 5.49. The highest BCUT2D eigenvalue weighted by molar-refractivity contribution is 6.31. The topological polar surface area (TPSA) is 66.0 Å². The second-order valence-electron chi connectivity index (χ2n) is 6.29. The Morgan fingerprint density at radius 2 is 2.28 bits per heavy atom. The van der Waals surface area contributed by atoms with Gasteiger partial charge >= 0.3 is 0 Å². The van der Waals surface area contributed by atoms with E-state index in [1.54, 1.807) is 7.05 Å². The summed E-state index contributed by atoms with van der Waals surface area (Å²) < 4.78 is 5.41. The third-order valence-corrected chi connectivity index (χ3v) is 4.72. The predicted octanol–water partition coefficient (Wildman–Crippen LogP) is 2.52. The molecule has 1 atom stereocenters. The number of rotatable bonds is 6. The number of benzene rings is 1. The fourth-order valence-electron chi connectivity index (χ4n) is 2.83. The summed E-state index contributed by atoms with van der Waals surface area (Å²) in [5.41, 5.74) is 1.63. The quantitative estimate of drug-likeness (QED) is 0.599. The Morgan fingerprint density at radius 3 is 2.96 bits per heavy atom. The van der Waals surface area contributed by atoms with Gasteiger partial charge in [-0.05, 0) is 31.0 Å². The molecule has 1 heterocycles. The Hall–Kier alpha value is -1.79. The molecule has 7 heteroatoms. The van der Waals surface area contributed by atoms with Crippen molar-refractivity contribution in [3.63, 3.8) is 0 Å². The molecule has 0 spiro atoms. The van der Waals surface area contributed by atoms with Gasteiger partial charge in [0.15, 0.2) is 5.96 Å². The van der Waals surface area contributed by atoms with Crippen molar-refractivity contribution in [2.45, 2.75) is 19.8 Å². The third-order valence-electron chi connectivity index (χ3n) is 4.31. The Morgan fingerprint density at radius 1 is 1.48 bits per heavy atom. The minimum atomic E-state index is -0.0554. The zero-order chi connectivity index (χ0) is 18.2. The molecule has 1 saturated heterocycles. The third kappa shape index (κ3) is 5.90. The molecule has 0 saturated carbocycles. The molecule has 1 aliphatic heterocycles. The predicted molar refractivity (Wildman–Crippen MR) is 102 cm³/mol. The summed E-state index contributed by atoms with van der Waals surface area (Å²) >= 11 is 6.07. The van der Waals surface area contributed by atoms with Gasteiger partial charge in [-0.15, -0.1) is 0 Å². The first-order chi connectivity index (χ1) is 12.0. The van der Waals surface area contributed by atoms with Crippen LogP contribution in [0.25, 0.3) is 0 Å². The minimum absolute atomic E-state index is 0.0554. The van der Waals surface area contributed by atoms with E-state index in [4.69, 9.17) is 16.3 Å². The molecular weight excluding hydrogens is 340 g/mol. The second kappa shape index (κ2) is 9.63. The maximum absolute atomic E-state index is 12.1. The summed E-state index contributed by atoms with van der Waals surface area (Å²) in [7, 11) is 3.75. The van der Waals surface area contributed by atoms with Crippen molar-refractivity contribution in [3.8, 4) is 0 Å². The molecule has 1 unspecified atom stereocenters. The molecule has 1 aromatic rings. The number of hydrogen-bond acceptors (Lipinski definition) is 3. The number of aliphatic imine (C=N–C) groups is 1. The molecule has 138 valence electrons. The molecule has 2 rings (SSSR count). The van der Waals surface area contributed by atoms with E-state index in [0.717, 1.165) is 43.4 Å². The van der Waals surface area contributed by atoms with E-state index in [1.165, 1.54) is 0 Å². The number of nitrogens with zero attached hydrogens (tertiary/aromatic N) is 2. The van der Waals surface area contributed by atoms with E-state index in [9.17, 15) is 4.79 Å². The highest BCUT2D eigenvalue weighted by Gasteiger charge is 2.19. The highest BCUT2D eigenvalue weighted by atomic mass is 35.5. The van der Waals surface area contributed by atoms with Crippen LogP contribution in [0.2, 0.25) is 5.02 Å².